The minimum atomic E-state index is -0.451. The fourth-order valence-corrected chi connectivity index (χ4v) is 4.02. The van der Waals surface area contributed by atoms with Gasteiger partial charge in [-0.05, 0) is 53.6 Å². The van der Waals surface area contributed by atoms with Crippen LogP contribution < -0.4 is 16.8 Å². The third-order valence-corrected chi connectivity index (χ3v) is 5.62. The van der Waals surface area contributed by atoms with E-state index in [9.17, 15) is 9.59 Å². The van der Waals surface area contributed by atoms with E-state index in [0.29, 0.717) is 11.3 Å². The largest absolute Gasteiger partial charge is 0.370 e. The van der Waals surface area contributed by atoms with Gasteiger partial charge in [-0.3, -0.25) is 9.59 Å². The van der Waals surface area contributed by atoms with E-state index in [1.807, 2.05) is 83.4 Å². The van der Waals surface area contributed by atoms with Gasteiger partial charge in [-0.25, -0.2) is 0 Å². The van der Waals surface area contributed by atoms with Gasteiger partial charge in [-0.2, -0.15) is 4.99 Å². The zero-order valence-corrected chi connectivity index (χ0v) is 19.7. The summed E-state index contributed by atoms with van der Waals surface area (Å²) in [5.41, 5.74) is 15.5. The number of carbonyl (C=O) groups is 2. The standard InChI is InChI=1S/C26H22BrN5O2/c27-20-8-4-7-19(15-20)25(34)30-21-11-9-18(10-12-21)23-14-13-22(17-5-2-1-3-6-17)32(23)16-24(33)31-26(28)29/h1-15H,16H2,(H,30,34)(H4,28,29,31,33). The summed E-state index contributed by atoms with van der Waals surface area (Å²) in [6, 6.07) is 28.3. The van der Waals surface area contributed by atoms with E-state index in [2.05, 4.69) is 26.2 Å². The van der Waals surface area contributed by atoms with Crippen molar-refractivity contribution in [3.63, 3.8) is 0 Å². The van der Waals surface area contributed by atoms with Crippen molar-refractivity contribution in [2.45, 2.75) is 6.54 Å². The molecule has 0 spiro atoms. The molecule has 3 aromatic carbocycles. The lowest BCUT2D eigenvalue weighted by Crippen LogP contribution is -2.25. The van der Waals surface area contributed by atoms with Gasteiger partial charge in [0.05, 0.1) is 0 Å². The van der Waals surface area contributed by atoms with Gasteiger partial charge in [0.1, 0.15) is 6.54 Å². The number of rotatable bonds is 6. The Morgan fingerprint density at radius 1 is 0.824 bits per heavy atom. The highest BCUT2D eigenvalue weighted by atomic mass is 79.9. The maximum atomic E-state index is 12.5. The van der Waals surface area contributed by atoms with Crippen LogP contribution in [-0.2, 0) is 11.3 Å². The Labute approximate surface area is 205 Å². The molecule has 0 unspecified atom stereocenters. The third kappa shape index (κ3) is 5.41. The predicted molar refractivity (Wildman–Crippen MR) is 138 cm³/mol. The molecule has 4 aromatic rings. The summed E-state index contributed by atoms with van der Waals surface area (Å²) in [6.45, 7) is -0.0220. The molecule has 0 aliphatic rings. The first-order valence-electron chi connectivity index (χ1n) is 10.5. The zero-order valence-electron chi connectivity index (χ0n) is 18.1. The van der Waals surface area contributed by atoms with Crippen LogP contribution in [0, 0.1) is 0 Å². The lowest BCUT2D eigenvalue weighted by Gasteiger charge is -2.13. The van der Waals surface area contributed by atoms with Crippen LogP contribution >= 0.6 is 15.9 Å². The first kappa shape index (κ1) is 23.0. The number of aromatic nitrogens is 1. The molecule has 0 bridgehead atoms. The van der Waals surface area contributed by atoms with E-state index in [0.717, 1.165) is 27.0 Å². The summed E-state index contributed by atoms with van der Waals surface area (Å²) < 4.78 is 2.71. The fourth-order valence-electron chi connectivity index (χ4n) is 3.62. The number of amides is 2. The van der Waals surface area contributed by atoms with Crippen molar-refractivity contribution in [2.24, 2.45) is 16.5 Å². The number of hydrogen-bond donors (Lipinski definition) is 3. The van der Waals surface area contributed by atoms with Gasteiger partial charge in [-0.1, -0.05) is 64.5 Å². The number of anilines is 1. The second kappa shape index (κ2) is 10.2. The molecule has 1 heterocycles. The van der Waals surface area contributed by atoms with Crippen molar-refractivity contribution in [2.75, 3.05) is 5.32 Å². The summed E-state index contributed by atoms with van der Waals surface area (Å²) in [5, 5.41) is 2.90. The summed E-state index contributed by atoms with van der Waals surface area (Å²) in [4.78, 5) is 28.6. The first-order chi connectivity index (χ1) is 16.4. The van der Waals surface area contributed by atoms with E-state index in [-0.39, 0.29) is 18.4 Å². The van der Waals surface area contributed by atoms with Gasteiger partial charge >= 0.3 is 0 Å². The molecule has 7 nitrogen and oxygen atoms in total. The Balaban J connectivity index is 1.63. The van der Waals surface area contributed by atoms with Gasteiger partial charge in [0.25, 0.3) is 11.8 Å². The predicted octanol–water partition coefficient (Wildman–Crippen LogP) is 4.64. The van der Waals surface area contributed by atoms with Crippen molar-refractivity contribution in [1.29, 1.82) is 0 Å². The first-order valence-corrected chi connectivity index (χ1v) is 11.2. The second-order valence-corrected chi connectivity index (χ2v) is 8.44. The summed E-state index contributed by atoms with van der Waals surface area (Å²) in [5.74, 6) is -0.926. The number of guanidine groups is 1. The molecule has 4 rings (SSSR count). The van der Waals surface area contributed by atoms with Crippen molar-refractivity contribution in [1.82, 2.24) is 4.57 Å². The third-order valence-electron chi connectivity index (χ3n) is 5.12. The molecular formula is C26H22BrN5O2. The molecule has 0 saturated carbocycles. The zero-order chi connectivity index (χ0) is 24.1. The monoisotopic (exact) mass is 515 g/mol. The highest BCUT2D eigenvalue weighted by Gasteiger charge is 2.15. The van der Waals surface area contributed by atoms with Crippen LogP contribution in [0.25, 0.3) is 22.5 Å². The molecule has 0 atom stereocenters. The molecule has 34 heavy (non-hydrogen) atoms. The summed E-state index contributed by atoms with van der Waals surface area (Å²) in [7, 11) is 0. The normalized spacial score (nSPS) is 10.5. The SMILES string of the molecule is NC(N)=NC(=O)Cn1c(-c2ccccc2)ccc1-c1ccc(NC(=O)c2cccc(Br)c2)cc1. The van der Waals surface area contributed by atoms with E-state index in [1.54, 1.807) is 12.1 Å². The Hall–Kier alpha value is -4.17. The van der Waals surface area contributed by atoms with Crippen molar-refractivity contribution in [3.8, 4) is 22.5 Å². The van der Waals surface area contributed by atoms with Crippen LogP contribution in [0.3, 0.4) is 0 Å². The van der Waals surface area contributed by atoms with Crippen LogP contribution in [0.2, 0.25) is 0 Å². The minimum absolute atomic E-state index is 0.0220. The highest BCUT2D eigenvalue weighted by molar-refractivity contribution is 9.10. The van der Waals surface area contributed by atoms with E-state index >= 15 is 0 Å². The molecule has 0 radical (unpaired) electrons. The minimum Gasteiger partial charge on any atom is -0.370 e. The van der Waals surface area contributed by atoms with Crippen molar-refractivity contribution < 1.29 is 9.59 Å². The molecule has 0 saturated heterocycles. The van der Waals surface area contributed by atoms with Crippen LogP contribution in [0.1, 0.15) is 10.4 Å². The number of carbonyl (C=O) groups excluding carboxylic acids is 2. The molecule has 170 valence electrons. The van der Waals surface area contributed by atoms with E-state index in [1.165, 1.54) is 0 Å². The van der Waals surface area contributed by atoms with Crippen LogP contribution in [-0.4, -0.2) is 22.3 Å². The topological polar surface area (TPSA) is 116 Å². The van der Waals surface area contributed by atoms with Gasteiger partial charge < -0.3 is 21.4 Å². The highest BCUT2D eigenvalue weighted by Crippen LogP contribution is 2.30. The van der Waals surface area contributed by atoms with Gasteiger partial charge in [0.15, 0.2) is 5.96 Å². The molecular weight excluding hydrogens is 494 g/mol. The summed E-state index contributed by atoms with van der Waals surface area (Å²) >= 11 is 3.38. The smallest absolute Gasteiger partial charge is 0.268 e. The number of benzene rings is 3. The quantitative estimate of drug-likeness (QED) is 0.256. The second-order valence-electron chi connectivity index (χ2n) is 7.53. The van der Waals surface area contributed by atoms with Crippen LogP contribution in [0.15, 0.2) is 100 Å². The Bertz CT molecular complexity index is 1360. The van der Waals surface area contributed by atoms with E-state index in [4.69, 9.17) is 11.5 Å². The number of nitrogens with two attached hydrogens (primary N) is 2. The lowest BCUT2D eigenvalue weighted by atomic mass is 10.1. The van der Waals surface area contributed by atoms with Crippen molar-refractivity contribution >= 4 is 39.4 Å². The molecule has 1 aromatic heterocycles. The molecule has 0 aliphatic heterocycles. The number of aliphatic imine (C=N–C) groups is 1. The molecule has 2 amide bonds. The number of nitrogens with one attached hydrogen (secondary N) is 1. The number of nitrogens with zero attached hydrogens (tertiary/aromatic N) is 2. The van der Waals surface area contributed by atoms with Gasteiger partial charge in [0.2, 0.25) is 0 Å². The number of halogens is 1. The maximum Gasteiger partial charge on any atom is 0.268 e. The molecule has 0 fully saturated rings. The lowest BCUT2D eigenvalue weighted by molar-refractivity contribution is -0.118. The van der Waals surface area contributed by atoms with Gasteiger partial charge in [-0.15, -0.1) is 0 Å². The maximum absolute atomic E-state index is 12.5. The van der Waals surface area contributed by atoms with Gasteiger partial charge in [0, 0.05) is 27.1 Å². The number of hydrogen-bond acceptors (Lipinski definition) is 2. The molecule has 0 aliphatic carbocycles. The van der Waals surface area contributed by atoms with Crippen molar-refractivity contribution in [3.05, 3.63) is 101 Å². The Morgan fingerprint density at radius 2 is 1.47 bits per heavy atom. The molecule has 5 N–H and O–H groups in total. The average Bonchev–Trinajstić information content (AvgIpc) is 3.23. The fraction of sp³-hybridized carbons (Fsp3) is 0.0385. The average molecular weight is 516 g/mol. The molecule has 8 heteroatoms. The van der Waals surface area contributed by atoms with E-state index < -0.39 is 5.91 Å². The van der Waals surface area contributed by atoms with Crippen LogP contribution in [0.5, 0.6) is 0 Å². The summed E-state index contributed by atoms with van der Waals surface area (Å²) in [6.07, 6.45) is 0. The van der Waals surface area contributed by atoms with Crippen LogP contribution in [0.4, 0.5) is 5.69 Å². The Kier molecular flexibility index (Phi) is 6.89. The Morgan fingerprint density at radius 3 is 2.09 bits per heavy atom.